The molecule has 0 aromatic rings. The van der Waals surface area contributed by atoms with Gasteiger partial charge in [-0.3, -0.25) is 4.79 Å². The lowest BCUT2D eigenvalue weighted by molar-refractivity contribution is -0.397. The highest BCUT2D eigenvalue weighted by Crippen LogP contribution is 2.76. The lowest BCUT2D eigenvalue weighted by atomic mass is 9.33. The van der Waals surface area contributed by atoms with Gasteiger partial charge < -0.3 is 109 Å². The Labute approximate surface area is 448 Å². The van der Waals surface area contributed by atoms with E-state index in [2.05, 4.69) is 47.6 Å². The number of rotatable bonds is 12. The van der Waals surface area contributed by atoms with Crippen molar-refractivity contribution in [2.75, 3.05) is 19.8 Å². The standard InChI is InChI=1S/C54H86O23/c1-22-10-15-53(49(69)77-46-42(68)38(64)34(60)26(18-55)71-46)16-17-54(21-58)25(32(53)23(22)2)8-9-30-51(6)13-12-31(50(4,5)29(51)11-14-52(30,54)7)74-47-43(39(65)35(61)27(19-56)72-47)76-48-44(40(66)36(62)28(20-57)73-48)75-45-41(67)37(63)33(59)24(3)70-45/h8,21-24,26-48,55-57,59-68H,9-20H2,1-7H3. The summed E-state index contributed by atoms with van der Waals surface area (Å²) in [5, 5.41) is 139. The van der Waals surface area contributed by atoms with Gasteiger partial charge in [-0.1, -0.05) is 53.2 Å². The Morgan fingerprint density at radius 2 is 1.12 bits per heavy atom. The van der Waals surface area contributed by atoms with Gasteiger partial charge >= 0.3 is 5.97 Å². The van der Waals surface area contributed by atoms with Crippen LogP contribution in [0.5, 0.6) is 0 Å². The summed E-state index contributed by atoms with van der Waals surface area (Å²) in [6.45, 7) is 12.1. The normalized spacial score (nSPS) is 54.6. The van der Waals surface area contributed by atoms with Crippen molar-refractivity contribution in [3.63, 3.8) is 0 Å². The molecule has 4 heterocycles. The Morgan fingerprint density at radius 1 is 0.584 bits per heavy atom. The number of hydrogen-bond donors (Lipinski definition) is 13. The maximum atomic E-state index is 14.8. The van der Waals surface area contributed by atoms with Crippen molar-refractivity contribution in [3.8, 4) is 0 Å². The predicted octanol–water partition coefficient (Wildman–Crippen LogP) is -1.97. The van der Waals surface area contributed by atoms with Crippen LogP contribution in [0.1, 0.15) is 106 Å². The molecule has 0 bridgehead atoms. The van der Waals surface area contributed by atoms with Crippen LogP contribution < -0.4 is 0 Å². The molecule has 8 fully saturated rings. The number of carbonyl (C=O) groups excluding carboxylic acids is 2. The van der Waals surface area contributed by atoms with E-state index in [1.165, 1.54) is 6.92 Å². The molecular weight excluding hydrogens is 1020 g/mol. The number of carbonyl (C=O) groups is 2. The SMILES string of the molecule is CC1CCC2(C(=O)OC3OC(CO)C(O)C(O)C3O)CCC3(C=O)C(=CCC4C5(C)CCC(OC6OC(CO)C(O)C(O)C6OC6OC(CO)C(O)C(O)C6OC6OC(C)C(O)C(O)C6O)C(C)(C)C5CCC43C)C2C1C. The fourth-order valence-electron chi connectivity index (χ4n) is 16.6. The highest BCUT2D eigenvalue weighted by atomic mass is 16.8. The number of esters is 1. The molecule has 77 heavy (non-hydrogen) atoms. The molecular formula is C54H86O23. The number of aliphatic hydroxyl groups is 13. The summed E-state index contributed by atoms with van der Waals surface area (Å²) in [6, 6.07) is 0. The second kappa shape index (κ2) is 22.0. The maximum absolute atomic E-state index is 14.8. The average Bonchev–Trinajstić information content (AvgIpc) is 3.60. The van der Waals surface area contributed by atoms with Crippen molar-refractivity contribution in [1.29, 1.82) is 0 Å². The molecule has 440 valence electrons. The Kier molecular flexibility index (Phi) is 17.1. The summed E-state index contributed by atoms with van der Waals surface area (Å²) in [4.78, 5) is 29.1. The summed E-state index contributed by atoms with van der Waals surface area (Å²) in [7, 11) is 0. The quantitative estimate of drug-likeness (QED) is 0.0436. The van der Waals surface area contributed by atoms with Crippen LogP contribution in [0.25, 0.3) is 0 Å². The van der Waals surface area contributed by atoms with E-state index in [1.54, 1.807) is 0 Å². The highest BCUT2D eigenvalue weighted by molar-refractivity contribution is 5.81. The summed E-state index contributed by atoms with van der Waals surface area (Å²) in [5.74, 6) is -0.947. The van der Waals surface area contributed by atoms with Gasteiger partial charge in [-0.25, -0.2) is 0 Å². The number of fused-ring (bicyclic) bond motifs is 7. The maximum Gasteiger partial charge on any atom is 0.315 e. The first kappa shape index (κ1) is 59.7. The van der Waals surface area contributed by atoms with Gasteiger partial charge in [-0.15, -0.1) is 0 Å². The Balaban J connectivity index is 0.977. The molecule has 0 amide bonds. The molecule has 30 atom stereocenters. The smallest absolute Gasteiger partial charge is 0.315 e. The first-order chi connectivity index (χ1) is 36.2. The zero-order chi connectivity index (χ0) is 56.2. The largest absolute Gasteiger partial charge is 0.432 e. The van der Waals surface area contributed by atoms with Crippen LogP contribution in [-0.2, 0) is 47.5 Å². The first-order valence-corrected chi connectivity index (χ1v) is 27.8. The molecule has 4 saturated carbocycles. The Bertz CT molecular complexity index is 2130. The summed E-state index contributed by atoms with van der Waals surface area (Å²) < 4.78 is 48.5. The van der Waals surface area contributed by atoms with E-state index in [1.807, 2.05) is 0 Å². The minimum atomic E-state index is -1.89. The monoisotopic (exact) mass is 1100 g/mol. The molecule has 9 rings (SSSR count). The molecule has 30 unspecified atom stereocenters. The molecule has 13 N–H and O–H groups in total. The lowest BCUT2D eigenvalue weighted by Crippen LogP contribution is -2.68. The van der Waals surface area contributed by atoms with Crippen LogP contribution >= 0.6 is 0 Å². The van der Waals surface area contributed by atoms with Crippen LogP contribution in [0.3, 0.4) is 0 Å². The zero-order valence-corrected chi connectivity index (χ0v) is 45.0. The fourth-order valence-corrected chi connectivity index (χ4v) is 16.6. The average molecular weight is 1100 g/mol. The van der Waals surface area contributed by atoms with Crippen molar-refractivity contribution in [2.24, 2.45) is 56.7 Å². The van der Waals surface area contributed by atoms with E-state index in [0.717, 1.165) is 11.9 Å². The minimum absolute atomic E-state index is 0.0220. The van der Waals surface area contributed by atoms with E-state index in [4.69, 9.17) is 37.9 Å². The van der Waals surface area contributed by atoms with Crippen molar-refractivity contribution in [3.05, 3.63) is 11.6 Å². The van der Waals surface area contributed by atoms with E-state index < -0.39 is 182 Å². The van der Waals surface area contributed by atoms with Crippen molar-refractivity contribution < 1.29 is 114 Å². The van der Waals surface area contributed by atoms with Crippen LogP contribution in [0.4, 0.5) is 0 Å². The van der Waals surface area contributed by atoms with Gasteiger partial charge in [0.25, 0.3) is 0 Å². The molecule has 23 heteroatoms. The van der Waals surface area contributed by atoms with E-state index >= 15 is 0 Å². The minimum Gasteiger partial charge on any atom is -0.432 e. The number of hydrogen-bond acceptors (Lipinski definition) is 23. The zero-order valence-electron chi connectivity index (χ0n) is 45.0. The van der Waals surface area contributed by atoms with Crippen molar-refractivity contribution in [1.82, 2.24) is 0 Å². The predicted molar refractivity (Wildman–Crippen MR) is 262 cm³/mol. The van der Waals surface area contributed by atoms with Crippen LogP contribution in [0, 0.1) is 56.7 Å². The van der Waals surface area contributed by atoms with E-state index in [-0.39, 0.29) is 29.1 Å². The second-order valence-corrected chi connectivity index (χ2v) is 25.4. The van der Waals surface area contributed by atoms with Gasteiger partial charge in [0, 0.05) is 0 Å². The number of aliphatic hydroxyl groups excluding tert-OH is 13. The van der Waals surface area contributed by atoms with Gasteiger partial charge in [0.1, 0.15) is 97.8 Å². The van der Waals surface area contributed by atoms with Gasteiger partial charge in [0.2, 0.25) is 6.29 Å². The van der Waals surface area contributed by atoms with E-state index in [0.29, 0.717) is 57.8 Å². The number of aldehydes is 1. The van der Waals surface area contributed by atoms with Crippen LogP contribution in [-0.4, -0.2) is 227 Å². The third-order valence-corrected chi connectivity index (χ3v) is 21.5. The molecule has 0 aromatic carbocycles. The highest BCUT2D eigenvalue weighted by Gasteiger charge is 2.72. The van der Waals surface area contributed by atoms with Crippen LogP contribution in [0.15, 0.2) is 11.6 Å². The molecule has 4 aliphatic heterocycles. The first-order valence-electron chi connectivity index (χ1n) is 27.8. The molecule has 23 nitrogen and oxygen atoms in total. The van der Waals surface area contributed by atoms with Crippen molar-refractivity contribution >= 4 is 12.3 Å². The van der Waals surface area contributed by atoms with Gasteiger partial charge in [0.15, 0.2) is 18.9 Å². The van der Waals surface area contributed by atoms with Gasteiger partial charge in [-0.2, -0.15) is 0 Å². The van der Waals surface area contributed by atoms with E-state index in [9.17, 15) is 76.0 Å². The van der Waals surface area contributed by atoms with Gasteiger partial charge in [-0.05, 0) is 111 Å². The molecule has 0 radical (unpaired) electrons. The summed E-state index contributed by atoms with van der Waals surface area (Å²) in [5.41, 5.74) is -2.72. The Hall–Kier alpha value is -1.92. The topological polar surface area (TPSA) is 371 Å². The third-order valence-electron chi connectivity index (χ3n) is 21.5. The molecule has 9 aliphatic rings. The lowest BCUT2D eigenvalue weighted by Gasteiger charge is -2.71. The number of allylic oxidation sites excluding steroid dienone is 2. The fraction of sp³-hybridized carbons (Fsp3) is 0.926. The third kappa shape index (κ3) is 9.43. The molecule has 5 aliphatic carbocycles. The number of ether oxygens (including phenoxy) is 8. The summed E-state index contributed by atoms with van der Waals surface area (Å²) in [6.07, 6.45) is -25.1. The molecule has 0 spiro atoms. The second-order valence-electron chi connectivity index (χ2n) is 25.4. The molecule has 4 saturated heterocycles. The molecule has 0 aromatic heterocycles. The van der Waals surface area contributed by atoms with Crippen LogP contribution in [0.2, 0.25) is 0 Å². The Morgan fingerprint density at radius 3 is 1.70 bits per heavy atom. The van der Waals surface area contributed by atoms with Crippen molar-refractivity contribution in [2.45, 2.75) is 235 Å². The summed E-state index contributed by atoms with van der Waals surface area (Å²) >= 11 is 0. The van der Waals surface area contributed by atoms with Gasteiger partial charge in [0.05, 0.1) is 42.9 Å².